The maximum Gasteiger partial charge on any atom is 0.204 e. The summed E-state index contributed by atoms with van der Waals surface area (Å²) >= 11 is 1.72. The maximum absolute atomic E-state index is 4.62. The number of hydrogen-bond donors (Lipinski definition) is 1. The van der Waals surface area contributed by atoms with E-state index >= 15 is 0 Å². The summed E-state index contributed by atoms with van der Waals surface area (Å²) in [5.41, 5.74) is 3.48. The Morgan fingerprint density at radius 1 is 1.28 bits per heavy atom. The highest BCUT2D eigenvalue weighted by Gasteiger charge is 2.11. The first-order valence-electron chi connectivity index (χ1n) is 5.96. The number of thiophene rings is 1. The number of nitrogens with zero attached hydrogens (tertiary/aromatic N) is 2. The lowest BCUT2D eigenvalue weighted by Gasteiger charge is -2.13. The van der Waals surface area contributed by atoms with E-state index in [1.165, 1.54) is 5.56 Å². The highest BCUT2D eigenvalue weighted by molar-refractivity contribution is 7.07. The van der Waals surface area contributed by atoms with Gasteiger partial charge in [-0.15, -0.1) is 0 Å². The van der Waals surface area contributed by atoms with Crippen LogP contribution in [0.15, 0.2) is 41.1 Å². The molecule has 0 aliphatic rings. The Hall–Kier alpha value is -1.81. The molecule has 2 heterocycles. The molecule has 1 aromatic carbocycles. The minimum atomic E-state index is 0.270. The van der Waals surface area contributed by atoms with Crippen molar-refractivity contribution in [3.05, 3.63) is 46.7 Å². The monoisotopic (exact) mass is 257 g/mol. The van der Waals surface area contributed by atoms with Gasteiger partial charge in [-0.1, -0.05) is 12.1 Å². The van der Waals surface area contributed by atoms with Crippen LogP contribution in [0.4, 0.5) is 5.95 Å². The Bertz CT molecular complexity index is 655. The number of anilines is 1. The molecule has 3 aromatic rings. The minimum absolute atomic E-state index is 0.270. The summed E-state index contributed by atoms with van der Waals surface area (Å²) in [6.45, 7) is 2.15. The Balaban J connectivity index is 1.93. The van der Waals surface area contributed by atoms with Crippen LogP contribution >= 0.6 is 11.3 Å². The van der Waals surface area contributed by atoms with Gasteiger partial charge in [0.25, 0.3) is 0 Å². The molecule has 3 rings (SSSR count). The van der Waals surface area contributed by atoms with Gasteiger partial charge in [-0.3, -0.25) is 0 Å². The number of hydrogen-bond acceptors (Lipinski definition) is 3. The molecule has 18 heavy (non-hydrogen) atoms. The molecule has 0 amide bonds. The molecule has 4 heteroatoms. The van der Waals surface area contributed by atoms with Crippen molar-refractivity contribution in [2.75, 3.05) is 5.32 Å². The Morgan fingerprint density at radius 3 is 2.83 bits per heavy atom. The predicted octanol–water partition coefficient (Wildman–Crippen LogP) is 3.81. The van der Waals surface area contributed by atoms with E-state index < -0.39 is 0 Å². The summed E-state index contributed by atoms with van der Waals surface area (Å²) in [6, 6.07) is 10.6. The number of imidazole rings is 1. The molecule has 0 aliphatic carbocycles. The second kappa shape index (κ2) is 4.46. The number of nitrogens with one attached hydrogen (secondary N) is 1. The van der Waals surface area contributed by atoms with Crippen LogP contribution in [0, 0.1) is 0 Å². The number of benzene rings is 1. The van der Waals surface area contributed by atoms with Crippen LogP contribution in [0.2, 0.25) is 0 Å². The molecule has 1 N–H and O–H groups in total. The summed E-state index contributed by atoms with van der Waals surface area (Å²) < 4.78 is 2.10. The fraction of sp³-hybridized carbons (Fsp3) is 0.214. The van der Waals surface area contributed by atoms with Crippen molar-refractivity contribution in [1.29, 1.82) is 0 Å². The fourth-order valence-corrected chi connectivity index (χ4v) is 2.83. The number of para-hydroxylation sites is 2. The third-order valence-corrected chi connectivity index (χ3v) is 3.88. The normalized spacial score (nSPS) is 12.8. The lowest BCUT2D eigenvalue weighted by molar-refractivity contribution is 0.835. The first-order chi connectivity index (χ1) is 8.75. The van der Waals surface area contributed by atoms with Crippen LogP contribution in [-0.2, 0) is 7.05 Å². The first kappa shape index (κ1) is 11.3. The molecule has 1 unspecified atom stereocenters. The highest BCUT2D eigenvalue weighted by Crippen LogP contribution is 2.23. The molecular weight excluding hydrogens is 242 g/mol. The van der Waals surface area contributed by atoms with Crippen LogP contribution in [-0.4, -0.2) is 9.55 Å². The topological polar surface area (TPSA) is 29.9 Å². The Morgan fingerprint density at radius 2 is 2.11 bits per heavy atom. The van der Waals surface area contributed by atoms with Crippen molar-refractivity contribution >= 4 is 28.3 Å². The molecule has 3 nitrogen and oxygen atoms in total. The second-order valence-electron chi connectivity index (χ2n) is 4.41. The quantitative estimate of drug-likeness (QED) is 0.773. The van der Waals surface area contributed by atoms with Crippen LogP contribution < -0.4 is 5.32 Å². The Kier molecular flexibility index (Phi) is 2.80. The smallest absolute Gasteiger partial charge is 0.204 e. The highest BCUT2D eigenvalue weighted by atomic mass is 32.1. The molecule has 2 aromatic heterocycles. The molecule has 0 bridgehead atoms. The molecule has 0 saturated heterocycles. The molecule has 92 valence electrons. The lowest BCUT2D eigenvalue weighted by atomic mass is 10.2. The summed E-state index contributed by atoms with van der Waals surface area (Å²) in [5.74, 6) is 0.912. The number of aromatic nitrogens is 2. The third kappa shape index (κ3) is 1.88. The Labute approximate surface area is 110 Å². The summed E-state index contributed by atoms with van der Waals surface area (Å²) in [6.07, 6.45) is 0. The van der Waals surface area contributed by atoms with Crippen LogP contribution in [0.3, 0.4) is 0 Å². The van der Waals surface area contributed by atoms with E-state index in [9.17, 15) is 0 Å². The molecular formula is C14H15N3S. The van der Waals surface area contributed by atoms with Gasteiger partial charge >= 0.3 is 0 Å². The van der Waals surface area contributed by atoms with Gasteiger partial charge in [0.15, 0.2) is 0 Å². The number of aryl methyl sites for hydroxylation is 1. The molecule has 0 radical (unpaired) electrons. The predicted molar refractivity (Wildman–Crippen MR) is 77.1 cm³/mol. The van der Waals surface area contributed by atoms with E-state index in [-0.39, 0.29) is 6.04 Å². The average Bonchev–Trinajstić information content (AvgIpc) is 3.00. The van der Waals surface area contributed by atoms with Crippen molar-refractivity contribution in [2.45, 2.75) is 13.0 Å². The first-order valence-corrected chi connectivity index (χ1v) is 6.90. The fourth-order valence-electron chi connectivity index (χ4n) is 2.07. The van der Waals surface area contributed by atoms with Crippen molar-refractivity contribution < 1.29 is 0 Å². The average molecular weight is 257 g/mol. The van der Waals surface area contributed by atoms with E-state index in [1.54, 1.807) is 11.3 Å². The van der Waals surface area contributed by atoms with Crippen LogP contribution in [0.1, 0.15) is 18.5 Å². The van der Waals surface area contributed by atoms with E-state index in [2.05, 4.69) is 44.7 Å². The van der Waals surface area contributed by atoms with E-state index in [1.807, 2.05) is 25.2 Å². The summed E-state index contributed by atoms with van der Waals surface area (Å²) in [7, 11) is 2.04. The zero-order valence-corrected chi connectivity index (χ0v) is 11.2. The van der Waals surface area contributed by atoms with Crippen molar-refractivity contribution in [2.24, 2.45) is 7.05 Å². The van der Waals surface area contributed by atoms with Crippen LogP contribution in [0.5, 0.6) is 0 Å². The van der Waals surface area contributed by atoms with Crippen molar-refractivity contribution in [1.82, 2.24) is 9.55 Å². The molecule has 0 spiro atoms. The maximum atomic E-state index is 4.62. The number of rotatable bonds is 3. The lowest BCUT2D eigenvalue weighted by Crippen LogP contribution is -2.09. The van der Waals surface area contributed by atoms with E-state index in [0.29, 0.717) is 0 Å². The second-order valence-corrected chi connectivity index (χ2v) is 5.19. The third-order valence-electron chi connectivity index (χ3n) is 3.18. The van der Waals surface area contributed by atoms with Crippen molar-refractivity contribution in [3.8, 4) is 0 Å². The van der Waals surface area contributed by atoms with E-state index in [4.69, 9.17) is 0 Å². The summed E-state index contributed by atoms with van der Waals surface area (Å²) in [4.78, 5) is 4.62. The van der Waals surface area contributed by atoms with Gasteiger partial charge < -0.3 is 9.88 Å². The SMILES string of the molecule is CC(Nc1nc2ccccc2n1C)c1ccsc1. The van der Waals surface area contributed by atoms with Gasteiger partial charge in [-0.05, 0) is 41.4 Å². The molecule has 0 saturated carbocycles. The summed E-state index contributed by atoms with van der Waals surface area (Å²) in [5, 5.41) is 7.73. The zero-order valence-electron chi connectivity index (χ0n) is 10.4. The van der Waals surface area contributed by atoms with Gasteiger partial charge in [-0.25, -0.2) is 4.98 Å². The van der Waals surface area contributed by atoms with Gasteiger partial charge in [0.05, 0.1) is 17.1 Å². The zero-order chi connectivity index (χ0) is 12.5. The standard InChI is InChI=1S/C14H15N3S/c1-10(11-7-8-18-9-11)15-14-16-12-5-3-4-6-13(12)17(14)2/h3-10H,1-2H3,(H,15,16). The molecule has 1 atom stereocenters. The van der Waals surface area contributed by atoms with Crippen LogP contribution in [0.25, 0.3) is 11.0 Å². The van der Waals surface area contributed by atoms with Gasteiger partial charge in [0, 0.05) is 7.05 Å². The largest absolute Gasteiger partial charge is 0.349 e. The van der Waals surface area contributed by atoms with Gasteiger partial charge in [-0.2, -0.15) is 11.3 Å². The van der Waals surface area contributed by atoms with E-state index in [0.717, 1.165) is 17.0 Å². The van der Waals surface area contributed by atoms with Gasteiger partial charge in [0.2, 0.25) is 5.95 Å². The van der Waals surface area contributed by atoms with Crippen molar-refractivity contribution in [3.63, 3.8) is 0 Å². The molecule has 0 aliphatic heterocycles. The minimum Gasteiger partial charge on any atom is -0.349 e. The number of fused-ring (bicyclic) bond motifs is 1. The molecule has 0 fully saturated rings. The van der Waals surface area contributed by atoms with Gasteiger partial charge in [0.1, 0.15) is 0 Å².